The molecule has 0 fully saturated rings. The fourth-order valence-electron chi connectivity index (χ4n) is 3.37. The minimum absolute atomic E-state index is 0.860. The average molecular weight is 440 g/mol. The van der Waals surface area contributed by atoms with E-state index in [1.165, 1.54) is 43.8 Å². The first kappa shape index (κ1) is 15.9. The lowest BCUT2D eigenvalue weighted by Crippen LogP contribution is -1.93. The Bertz CT molecular complexity index is 1030. The summed E-state index contributed by atoms with van der Waals surface area (Å²) >= 11 is 7.32. The van der Waals surface area contributed by atoms with E-state index in [1.807, 2.05) is 0 Å². The quantitative estimate of drug-likeness (QED) is 0.291. The third-order valence-corrected chi connectivity index (χ3v) is 5.75. The van der Waals surface area contributed by atoms with Gasteiger partial charge in [0.1, 0.15) is 0 Å². The van der Waals surface area contributed by atoms with Crippen LogP contribution in [0.4, 0.5) is 0 Å². The monoisotopic (exact) mass is 438 g/mol. The Morgan fingerprint density at radius 2 is 1.33 bits per heavy atom. The SMILES string of the molecule is BrCc1cc(-c2ccc3ccccc3c2)c2ccccc2c1CBr. The van der Waals surface area contributed by atoms with Gasteiger partial charge in [-0.15, -0.1) is 0 Å². The maximum atomic E-state index is 3.66. The topological polar surface area (TPSA) is 0 Å². The number of hydrogen-bond acceptors (Lipinski definition) is 0. The molecular formula is C22H16Br2. The van der Waals surface area contributed by atoms with Gasteiger partial charge in [-0.25, -0.2) is 0 Å². The summed E-state index contributed by atoms with van der Waals surface area (Å²) in [5.41, 5.74) is 5.28. The van der Waals surface area contributed by atoms with Gasteiger partial charge in [-0.05, 0) is 55.9 Å². The maximum Gasteiger partial charge on any atom is 0.0292 e. The van der Waals surface area contributed by atoms with Gasteiger partial charge in [0.25, 0.3) is 0 Å². The Balaban J connectivity index is 2.04. The van der Waals surface area contributed by atoms with Crippen molar-refractivity contribution < 1.29 is 0 Å². The Kier molecular flexibility index (Phi) is 4.43. The van der Waals surface area contributed by atoms with Crippen LogP contribution in [0.25, 0.3) is 32.7 Å². The fourth-order valence-corrected chi connectivity index (χ4v) is 4.53. The highest BCUT2D eigenvalue weighted by Gasteiger charge is 2.12. The molecule has 0 bridgehead atoms. The van der Waals surface area contributed by atoms with Crippen LogP contribution in [0.1, 0.15) is 11.1 Å². The summed E-state index contributed by atoms with van der Waals surface area (Å²) in [7, 11) is 0. The molecule has 0 radical (unpaired) electrons. The van der Waals surface area contributed by atoms with Crippen molar-refractivity contribution in [1.82, 2.24) is 0 Å². The zero-order valence-corrected chi connectivity index (χ0v) is 16.3. The molecule has 0 saturated heterocycles. The largest absolute Gasteiger partial charge is 0.0876 e. The van der Waals surface area contributed by atoms with Gasteiger partial charge in [0.2, 0.25) is 0 Å². The predicted molar refractivity (Wildman–Crippen MR) is 112 cm³/mol. The first-order chi connectivity index (χ1) is 11.8. The summed E-state index contributed by atoms with van der Waals surface area (Å²) in [6.45, 7) is 0. The minimum Gasteiger partial charge on any atom is -0.0876 e. The Morgan fingerprint density at radius 3 is 2.08 bits per heavy atom. The Labute approximate surface area is 158 Å². The van der Waals surface area contributed by atoms with Gasteiger partial charge in [0.15, 0.2) is 0 Å². The molecule has 0 aromatic heterocycles. The summed E-state index contributed by atoms with van der Waals surface area (Å²) in [6, 6.07) is 26.3. The fraction of sp³-hybridized carbons (Fsp3) is 0.0909. The maximum absolute atomic E-state index is 3.66. The van der Waals surface area contributed by atoms with Crippen molar-refractivity contribution in [2.75, 3.05) is 0 Å². The predicted octanol–water partition coefficient (Wildman–Crippen LogP) is 7.45. The molecule has 0 amide bonds. The molecule has 4 rings (SSSR count). The van der Waals surface area contributed by atoms with Gasteiger partial charge in [0, 0.05) is 10.7 Å². The summed E-state index contributed by atoms with van der Waals surface area (Å²) in [5.74, 6) is 0. The van der Waals surface area contributed by atoms with Crippen LogP contribution in [0.15, 0.2) is 72.8 Å². The molecule has 0 aliphatic rings. The number of rotatable bonds is 3. The average Bonchev–Trinajstić information content (AvgIpc) is 2.66. The molecule has 0 spiro atoms. The number of halogens is 2. The first-order valence-corrected chi connectivity index (χ1v) is 10.2. The molecule has 2 heteroatoms. The van der Waals surface area contributed by atoms with Crippen molar-refractivity contribution in [3.63, 3.8) is 0 Å². The Morgan fingerprint density at radius 1 is 0.625 bits per heavy atom. The molecule has 4 aromatic rings. The second kappa shape index (κ2) is 6.70. The molecule has 0 atom stereocenters. The zero-order valence-electron chi connectivity index (χ0n) is 13.1. The molecule has 0 N–H and O–H groups in total. The molecule has 0 heterocycles. The second-order valence-corrected chi connectivity index (χ2v) is 7.06. The molecule has 0 aliphatic heterocycles. The van der Waals surface area contributed by atoms with Crippen LogP contribution in [-0.2, 0) is 10.7 Å². The van der Waals surface area contributed by atoms with E-state index in [0.29, 0.717) is 0 Å². The van der Waals surface area contributed by atoms with Crippen LogP contribution in [0.2, 0.25) is 0 Å². The van der Waals surface area contributed by atoms with E-state index in [9.17, 15) is 0 Å². The van der Waals surface area contributed by atoms with Crippen molar-refractivity contribution in [3.05, 3.63) is 83.9 Å². The summed E-state index contributed by atoms with van der Waals surface area (Å²) in [4.78, 5) is 0. The molecule has 4 aromatic carbocycles. The number of hydrogen-bond donors (Lipinski definition) is 0. The smallest absolute Gasteiger partial charge is 0.0292 e. The van der Waals surface area contributed by atoms with E-state index >= 15 is 0 Å². The molecular weight excluding hydrogens is 424 g/mol. The van der Waals surface area contributed by atoms with E-state index in [-0.39, 0.29) is 0 Å². The van der Waals surface area contributed by atoms with Crippen LogP contribution in [0.5, 0.6) is 0 Å². The van der Waals surface area contributed by atoms with Gasteiger partial charge in [-0.2, -0.15) is 0 Å². The van der Waals surface area contributed by atoms with Crippen LogP contribution in [-0.4, -0.2) is 0 Å². The molecule has 118 valence electrons. The molecule has 0 saturated carbocycles. The normalized spacial score (nSPS) is 11.2. The summed E-state index contributed by atoms with van der Waals surface area (Å²) < 4.78 is 0. The van der Waals surface area contributed by atoms with Crippen molar-refractivity contribution in [2.24, 2.45) is 0 Å². The van der Waals surface area contributed by atoms with Gasteiger partial charge in [-0.3, -0.25) is 0 Å². The van der Waals surface area contributed by atoms with E-state index in [4.69, 9.17) is 0 Å². The molecule has 0 nitrogen and oxygen atoms in total. The third-order valence-electron chi connectivity index (χ3n) is 4.59. The van der Waals surface area contributed by atoms with E-state index in [2.05, 4.69) is 105 Å². The van der Waals surface area contributed by atoms with Crippen molar-refractivity contribution >= 4 is 53.4 Å². The van der Waals surface area contributed by atoms with Gasteiger partial charge < -0.3 is 0 Å². The summed E-state index contributed by atoms with van der Waals surface area (Å²) in [5, 5.41) is 6.93. The molecule has 0 unspecified atom stereocenters. The van der Waals surface area contributed by atoms with Crippen molar-refractivity contribution in [1.29, 1.82) is 0 Å². The molecule has 0 aliphatic carbocycles. The lowest BCUT2D eigenvalue weighted by molar-refractivity contribution is 1.34. The van der Waals surface area contributed by atoms with E-state index in [1.54, 1.807) is 0 Å². The minimum atomic E-state index is 0.860. The van der Waals surface area contributed by atoms with Crippen LogP contribution in [0, 0.1) is 0 Å². The zero-order chi connectivity index (χ0) is 16.5. The van der Waals surface area contributed by atoms with Crippen LogP contribution < -0.4 is 0 Å². The molecule has 24 heavy (non-hydrogen) atoms. The van der Waals surface area contributed by atoms with Gasteiger partial charge in [0.05, 0.1) is 0 Å². The first-order valence-electron chi connectivity index (χ1n) is 7.96. The highest BCUT2D eigenvalue weighted by Crippen LogP contribution is 2.36. The standard InChI is InChI=1S/C22H16Br2/c23-13-18-12-21(19-7-3-4-8-20(19)22(18)14-24)17-10-9-15-5-1-2-6-16(15)11-17/h1-12H,13-14H2. The second-order valence-electron chi connectivity index (χ2n) is 5.94. The van der Waals surface area contributed by atoms with E-state index < -0.39 is 0 Å². The van der Waals surface area contributed by atoms with Crippen molar-refractivity contribution in [2.45, 2.75) is 10.7 Å². The van der Waals surface area contributed by atoms with Crippen LogP contribution >= 0.6 is 31.9 Å². The van der Waals surface area contributed by atoms with Crippen molar-refractivity contribution in [3.8, 4) is 11.1 Å². The summed E-state index contributed by atoms with van der Waals surface area (Å²) in [6.07, 6.45) is 0. The van der Waals surface area contributed by atoms with Gasteiger partial charge in [-0.1, -0.05) is 92.5 Å². The highest BCUT2D eigenvalue weighted by molar-refractivity contribution is 9.09. The number of alkyl halides is 2. The van der Waals surface area contributed by atoms with Gasteiger partial charge >= 0.3 is 0 Å². The van der Waals surface area contributed by atoms with Crippen LogP contribution in [0.3, 0.4) is 0 Å². The Hall–Kier alpha value is -1.64. The highest BCUT2D eigenvalue weighted by atomic mass is 79.9. The number of fused-ring (bicyclic) bond motifs is 2. The lowest BCUT2D eigenvalue weighted by Gasteiger charge is -2.15. The lowest BCUT2D eigenvalue weighted by atomic mass is 9.91. The third kappa shape index (κ3) is 2.68. The number of benzene rings is 4. The van der Waals surface area contributed by atoms with E-state index in [0.717, 1.165) is 10.7 Å².